The Balaban J connectivity index is 2.60. The molecule has 0 saturated carbocycles. The average molecular weight is 274 g/mol. The normalized spacial score (nSPS) is 12.8. The SMILES string of the molecule is CCC(NCC(C)(C)CCC#N)c1ccc(OC)cc1. The van der Waals surface area contributed by atoms with Crippen molar-refractivity contribution in [1.82, 2.24) is 5.32 Å². The van der Waals surface area contributed by atoms with E-state index in [1.165, 1.54) is 5.56 Å². The lowest BCUT2D eigenvalue weighted by molar-refractivity contribution is 0.298. The van der Waals surface area contributed by atoms with Crippen molar-refractivity contribution in [2.45, 2.75) is 46.1 Å². The highest BCUT2D eigenvalue weighted by Crippen LogP contribution is 2.24. The third-order valence-electron chi connectivity index (χ3n) is 3.67. The minimum atomic E-state index is 0.148. The van der Waals surface area contributed by atoms with Gasteiger partial charge in [0.25, 0.3) is 0 Å². The number of ether oxygens (including phenoxy) is 1. The number of nitriles is 1. The molecule has 110 valence electrons. The lowest BCUT2D eigenvalue weighted by Gasteiger charge is -2.27. The van der Waals surface area contributed by atoms with Crippen LogP contribution in [-0.2, 0) is 0 Å². The third-order valence-corrected chi connectivity index (χ3v) is 3.67. The molecule has 0 aromatic heterocycles. The lowest BCUT2D eigenvalue weighted by atomic mass is 9.87. The van der Waals surface area contributed by atoms with Crippen LogP contribution in [0.2, 0.25) is 0 Å². The zero-order valence-electron chi connectivity index (χ0n) is 13.1. The summed E-state index contributed by atoms with van der Waals surface area (Å²) in [6.07, 6.45) is 2.59. The fraction of sp³-hybridized carbons (Fsp3) is 0.588. The minimum absolute atomic E-state index is 0.148. The largest absolute Gasteiger partial charge is 0.497 e. The van der Waals surface area contributed by atoms with Gasteiger partial charge >= 0.3 is 0 Å². The van der Waals surface area contributed by atoms with Gasteiger partial charge in [-0.2, -0.15) is 5.26 Å². The van der Waals surface area contributed by atoms with Gasteiger partial charge in [-0.1, -0.05) is 32.9 Å². The van der Waals surface area contributed by atoms with Crippen molar-refractivity contribution < 1.29 is 4.74 Å². The molecule has 0 amide bonds. The first-order valence-electron chi connectivity index (χ1n) is 7.26. The molecule has 0 spiro atoms. The summed E-state index contributed by atoms with van der Waals surface area (Å²) in [6.45, 7) is 7.51. The number of methoxy groups -OCH3 is 1. The van der Waals surface area contributed by atoms with Crippen LogP contribution >= 0.6 is 0 Å². The molecule has 0 aliphatic heterocycles. The molecule has 0 aliphatic carbocycles. The molecule has 0 radical (unpaired) electrons. The van der Waals surface area contributed by atoms with E-state index >= 15 is 0 Å². The molecular formula is C17H26N2O. The first-order valence-corrected chi connectivity index (χ1v) is 7.26. The predicted molar refractivity (Wildman–Crippen MR) is 82.7 cm³/mol. The van der Waals surface area contributed by atoms with Gasteiger partial charge in [-0.25, -0.2) is 0 Å². The van der Waals surface area contributed by atoms with Gasteiger partial charge in [0.2, 0.25) is 0 Å². The summed E-state index contributed by atoms with van der Waals surface area (Å²) in [4.78, 5) is 0. The number of benzene rings is 1. The topological polar surface area (TPSA) is 45.0 Å². The second-order valence-electron chi connectivity index (χ2n) is 5.94. The summed E-state index contributed by atoms with van der Waals surface area (Å²) in [5, 5.41) is 12.3. The van der Waals surface area contributed by atoms with Crippen LogP contribution in [-0.4, -0.2) is 13.7 Å². The number of nitrogens with zero attached hydrogens (tertiary/aromatic N) is 1. The first kappa shape index (κ1) is 16.5. The van der Waals surface area contributed by atoms with Crippen molar-refractivity contribution in [1.29, 1.82) is 5.26 Å². The van der Waals surface area contributed by atoms with E-state index in [9.17, 15) is 0 Å². The standard InChI is InChI=1S/C17H26N2O/c1-5-16(14-7-9-15(20-4)10-8-14)19-13-17(2,3)11-6-12-18/h7-10,16,19H,5-6,11,13H2,1-4H3. The Labute approximate surface area is 123 Å². The Morgan fingerprint density at radius 2 is 1.95 bits per heavy atom. The van der Waals surface area contributed by atoms with Gasteiger partial charge in [-0.3, -0.25) is 0 Å². The second kappa shape index (κ2) is 7.91. The molecule has 0 bridgehead atoms. The Bertz CT molecular complexity index is 431. The lowest BCUT2D eigenvalue weighted by Crippen LogP contribution is -2.32. The molecule has 1 N–H and O–H groups in total. The van der Waals surface area contributed by atoms with E-state index in [0.29, 0.717) is 12.5 Å². The molecule has 3 heteroatoms. The summed E-state index contributed by atoms with van der Waals surface area (Å²) in [6, 6.07) is 10.8. The molecule has 0 fully saturated rings. The summed E-state index contributed by atoms with van der Waals surface area (Å²) >= 11 is 0. The Hall–Kier alpha value is -1.53. The number of hydrogen-bond acceptors (Lipinski definition) is 3. The van der Waals surface area contributed by atoms with Crippen LogP contribution in [0.25, 0.3) is 0 Å². The highest BCUT2D eigenvalue weighted by Gasteiger charge is 2.19. The van der Waals surface area contributed by atoms with Crippen LogP contribution in [0.1, 0.15) is 51.6 Å². The van der Waals surface area contributed by atoms with Gasteiger partial charge in [0.1, 0.15) is 5.75 Å². The molecule has 1 unspecified atom stereocenters. The van der Waals surface area contributed by atoms with Crippen LogP contribution in [0, 0.1) is 16.7 Å². The van der Waals surface area contributed by atoms with E-state index < -0.39 is 0 Å². The van der Waals surface area contributed by atoms with Crippen LogP contribution in [0.5, 0.6) is 5.75 Å². The van der Waals surface area contributed by atoms with Crippen molar-refractivity contribution in [3.63, 3.8) is 0 Å². The molecule has 1 aromatic rings. The molecule has 1 aromatic carbocycles. The number of hydrogen-bond donors (Lipinski definition) is 1. The van der Waals surface area contributed by atoms with Gasteiger partial charge < -0.3 is 10.1 Å². The van der Waals surface area contributed by atoms with Crippen molar-refractivity contribution in [3.05, 3.63) is 29.8 Å². The Kier molecular flexibility index (Phi) is 6.54. The highest BCUT2D eigenvalue weighted by atomic mass is 16.5. The van der Waals surface area contributed by atoms with Crippen LogP contribution in [0.3, 0.4) is 0 Å². The van der Waals surface area contributed by atoms with Gasteiger partial charge in [0.05, 0.1) is 13.2 Å². The fourth-order valence-corrected chi connectivity index (χ4v) is 2.22. The van der Waals surface area contributed by atoms with Crippen LogP contribution in [0.15, 0.2) is 24.3 Å². The number of rotatable bonds is 8. The highest BCUT2D eigenvalue weighted by molar-refractivity contribution is 5.29. The second-order valence-corrected chi connectivity index (χ2v) is 5.94. The van der Waals surface area contributed by atoms with Gasteiger partial charge in [-0.05, 0) is 36.0 Å². The van der Waals surface area contributed by atoms with E-state index in [-0.39, 0.29) is 5.41 Å². The summed E-state index contributed by atoms with van der Waals surface area (Å²) in [5.74, 6) is 0.887. The van der Waals surface area contributed by atoms with Crippen molar-refractivity contribution in [3.8, 4) is 11.8 Å². The van der Waals surface area contributed by atoms with E-state index in [4.69, 9.17) is 10.00 Å². The van der Waals surface area contributed by atoms with Crippen LogP contribution in [0.4, 0.5) is 0 Å². The Morgan fingerprint density at radius 1 is 1.30 bits per heavy atom. The van der Waals surface area contributed by atoms with Gasteiger partial charge in [0, 0.05) is 19.0 Å². The van der Waals surface area contributed by atoms with Crippen molar-refractivity contribution in [2.75, 3.05) is 13.7 Å². The number of nitrogens with one attached hydrogen (secondary N) is 1. The molecule has 3 nitrogen and oxygen atoms in total. The third kappa shape index (κ3) is 5.22. The summed E-state index contributed by atoms with van der Waals surface area (Å²) < 4.78 is 5.19. The maximum absolute atomic E-state index is 8.70. The quantitative estimate of drug-likeness (QED) is 0.777. The molecule has 20 heavy (non-hydrogen) atoms. The molecule has 0 aliphatic rings. The fourth-order valence-electron chi connectivity index (χ4n) is 2.22. The zero-order valence-corrected chi connectivity index (χ0v) is 13.1. The molecular weight excluding hydrogens is 248 g/mol. The van der Waals surface area contributed by atoms with E-state index in [1.807, 2.05) is 12.1 Å². The average Bonchev–Trinajstić information content (AvgIpc) is 2.46. The molecule has 0 heterocycles. The van der Waals surface area contributed by atoms with Gasteiger partial charge in [-0.15, -0.1) is 0 Å². The van der Waals surface area contributed by atoms with Crippen molar-refractivity contribution in [2.24, 2.45) is 5.41 Å². The smallest absolute Gasteiger partial charge is 0.118 e. The zero-order chi connectivity index (χ0) is 15.0. The van der Waals surface area contributed by atoms with Crippen molar-refractivity contribution >= 4 is 0 Å². The molecule has 0 saturated heterocycles. The maximum Gasteiger partial charge on any atom is 0.118 e. The maximum atomic E-state index is 8.70. The van der Waals surface area contributed by atoms with Gasteiger partial charge in [0.15, 0.2) is 0 Å². The first-order chi connectivity index (χ1) is 9.52. The monoisotopic (exact) mass is 274 g/mol. The van der Waals surface area contributed by atoms with E-state index in [2.05, 4.69) is 44.3 Å². The predicted octanol–water partition coefficient (Wildman–Crippen LogP) is 4.07. The van der Waals surface area contributed by atoms with Crippen LogP contribution < -0.4 is 10.1 Å². The molecule has 1 rings (SSSR count). The summed E-state index contributed by atoms with van der Waals surface area (Å²) in [5.41, 5.74) is 1.43. The molecule has 1 atom stereocenters. The Morgan fingerprint density at radius 3 is 2.45 bits per heavy atom. The van der Waals surface area contributed by atoms with E-state index in [0.717, 1.165) is 25.1 Å². The summed E-state index contributed by atoms with van der Waals surface area (Å²) in [7, 11) is 1.68. The van der Waals surface area contributed by atoms with E-state index in [1.54, 1.807) is 7.11 Å². The minimum Gasteiger partial charge on any atom is -0.497 e.